The van der Waals surface area contributed by atoms with E-state index in [0.717, 1.165) is 10.0 Å². The monoisotopic (exact) mass is 438 g/mol. The first-order valence-corrected chi connectivity index (χ1v) is 9.51. The Morgan fingerprint density at radius 2 is 1.68 bits per heavy atom. The standard InChI is InChI=1S/C22H19BrN2O3/c1-14(26)16-3-5-17(6-4-16)15(2)28-21-11-18(12-24-13-21)22(27)25-20-9-7-19(23)8-10-20/h3-13,15H,1-2H3,(H,25,27)/t15-/m1/s1. The lowest BCUT2D eigenvalue weighted by Crippen LogP contribution is -2.12. The van der Waals surface area contributed by atoms with E-state index in [9.17, 15) is 9.59 Å². The summed E-state index contributed by atoms with van der Waals surface area (Å²) in [7, 11) is 0. The van der Waals surface area contributed by atoms with E-state index in [1.165, 1.54) is 13.1 Å². The summed E-state index contributed by atoms with van der Waals surface area (Å²) in [5, 5.41) is 2.83. The van der Waals surface area contributed by atoms with E-state index in [-0.39, 0.29) is 17.8 Å². The Morgan fingerprint density at radius 3 is 2.32 bits per heavy atom. The lowest BCUT2D eigenvalue weighted by atomic mass is 10.1. The van der Waals surface area contributed by atoms with E-state index < -0.39 is 0 Å². The van der Waals surface area contributed by atoms with Crippen molar-refractivity contribution in [2.24, 2.45) is 0 Å². The van der Waals surface area contributed by atoms with Crippen LogP contribution in [0.2, 0.25) is 0 Å². The van der Waals surface area contributed by atoms with Gasteiger partial charge in [0.25, 0.3) is 5.91 Å². The summed E-state index contributed by atoms with van der Waals surface area (Å²) in [6.45, 7) is 3.43. The highest BCUT2D eigenvalue weighted by molar-refractivity contribution is 9.10. The molecule has 0 aliphatic rings. The van der Waals surface area contributed by atoms with Gasteiger partial charge in [0.15, 0.2) is 5.78 Å². The van der Waals surface area contributed by atoms with E-state index in [1.54, 1.807) is 24.4 Å². The van der Waals surface area contributed by atoms with Gasteiger partial charge in [-0.1, -0.05) is 40.2 Å². The number of benzene rings is 2. The molecule has 0 aliphatic carbocycles. The van der Waals surface area contributed by atoms with E-state index in [2.05, 4.69) is 26.2 Å². The first-order chi connectivity index (χ1) is 13.4. The summed E-state index contributed by atoms with van der Waals surface area (Å²) < 4.78 is 6.86. The molecular weight excluding hydrogens is 420 g/mol. The Labute approximate surface area is 171 Å². The fourth-order valence-electron chi connectivity index (χ4n) is 2.60. The normalized spacial score (nSPS) is 11.5. The van der Waals surface area contributed by atoms with Crippen LogP contribution in [0.5, 0.6) is 5.75 Å². The minimum atomic E-state index is -0.265. The lowest BCUT2D eigenvalue weighted by Gasteiger charge is -2.15. The quantitative estimate of drug-likeness (QED) is 0.520. The van der Waals surface area contributed by atoms with Crippen LogP contribution in [0, 0.1) is 0 Å². The number of hydrogen-bond acceptors (Lipinski definition) is 4. The molecule has 142 valence electrons. The van der Waals surface area contributed by atoms with Gasteiger partial charge in [0.1, 0.15) is 11.9 Å². The molecule has 0 bridgehead atoms. The Kier molecular flexibility index (Phi) is 6.21. The number of carbonyl (C=O) groups excluding carboxylic acids is 2. The minimum absolute atomic E-state index is 0.0220. The van der Waals surface area contributed by atoms with Gasteiger partial charge < -0.3 is 10.1 Å². The van der Waals surface area contributed by atoms with Crippen molar-refractivity contribution in [3.63, 3.8) is 0 Å². The molecular formula is C22H19BrN2O3. The Hall–Kier alpha value is -2.99. The van der Waals surface area contributed by atoms with Crippen LogP contribution in [0.3, 0.4) is 0 Å². The molecule has 1 heterocycles. The Morgan fingerprint density at radius 1 is 1.00 bits per heavy atom. The number of rotatable bonds is 6. The first-order valence-electron chi connectivity index (χ1n) is 8.72. The van der Waals surface area contributed by atoms with E-state index in [1.807, 2.05) is 43.3 Å². The molecule has 3 aromatic rings. The average Bonchev–Trinajstić information content (AvgIpc) is 2.70. The molecule has 0 saturated carbocycles. The number of halogens is 1. The summed E-state index contributed by atoms with van der Waals surface area (Å²) in [6.07, 6.45) is 2.80. The van der Waals surface area contributed by atoms with Gasteiger partial charge in [0.05, 0.1) is 11.8 Å². The van der Waals surface area contributed by atoms with E-state index in [4.69, 9.17) is 4.74 Å². The van der Waals surface area contributed by atoms with E-state index >= 15 is 0 Å². The highest BCUT2D eigenvalue weighted by Gasteiger charge is 2.12. The van der Waals surface area contributed by atoms with Crippen molar-refractivity contribution >= 4 is 33.3 Å². The van der Waals surface area contributed by atoms with Gasteiger partial charge in [-0.05, 0) is 49.7 Å². The molecule has 2 aromatic carbocycles. The highest BCUT2D eigenvalue weighted by Crippen LogP contribution is 2.23. The third kappa shape index (κ3) is 5.04. The molecule has 1 atom stereocenters. The largest absolute Gasteiger partial charge is 0.484 e. The molecule has 0 unspecified atom stereocenters. The maximum atomic E-state index is 12.5. The van der Waals surface area contributed by atoms with Crippen molar-refractivity contribution in [3.8, 4) is 5.75 Å². The second-order valence-corrected chi connectivity index (χ2v) is 7.22. The predicted octanol–water partition coefficient (Wildman–Crippen LogP) is 5.44. The zero-order valence-electron chi connectivity index (χ0n) is 15.5. The predicted molar refractivity (Wildman–Crippen MR) is 112 cm³/mol. The number of ether oxygens (including phenoxy) is 1. The fraction of sp³-hybridized carbons (Fsp3) is 0.136. The van der Waals surface area contributed by atoms with E-state index in [0.29, 0.717) is 22.6 Å². The number of hydrogen-bond donors (Lipinski definition) is 1. The Balaban J connectivity index is 1.69. The van der Waals surface area contributed by atoms with Crippen molar-refractivity contribution in [1.82, 2.24) is 4.98 Å². The molecule has 5 nitrogen and oxygen atoms in total. The number of Topliss-reactive ketones (excluding diaryl/α,β-unsaturated/α-hetero) is 1. The van der Waals surface area contributed by atoms with Crippen LogP contribution in [0.4, 0.5) is 5.69 Å². The summed E-state index contributed by atoms with van der Waals surface area (Å²) in [4.78, 5) is 28.0. The number of nitrogens with zero attached hydrogens (tertiary/aromatic N) is 1. The van der Waals surface area contributed by atoms with Crippen molar-refractivity contribution in [2.75, 3.05) is 5.32 Å². The Bertz CT molecular complexity index is 985. The van der Waals surface area contributed by atoms with Crippen LogP contribution in [-0.4, -0.2) is 16.7 Å². The van der Waals surface area contributed by atoms with Crippen molar-refractivity contribution < 1.29 is 14.3 Å². The molecule has 6 heteroatoms. The third-order valence-corrected chi connectivity index (χ3v) is 4.71. The van der Waals surface area contributed by atoms with Gasteiger partial charge >= 0.3 is 0 Å². The molecule has 1 N–H and O–H groups in total. The maximum absolute atomic E-state index is 12.5. The lowest BCUT2D eigenvalue weighted by molar-refractivity contribution is 0.101. The summed E-state index contributed by atoms with van der Waals surface area (Å²) >= 11 is 3.36. The molecule has 0 radical (unpaired) electrons. The molecule has 1 aromatic heterocycles. The van der Waals surface area contributed by atoms with Gasteiger partial charge in [-0.15, -0.1) is 0 Å². The zero-order valence-corrected chi connectivity index (χ0v) is 17.1. The van der Waals surface area contributed by atoms with Crippen LogP contribution < -0.4 is 10.1 Å². The number of pyridine rings is 1. The van der Waals surface area contributed by atoms with Crippen LogP contribution in [-0.2, 0) is 0 Å². The number of aromatic nitrogens is 1. The molecule has 28 heavy (non-hydrogen) atoms. The number of ketones is 1. The third-order valence-electron chi connectivity index (χ3n) is 4.18. The number of carbonyl (C=O) groups is 2. The topological polar surface area (TPSA) is 68.3 Å². The van der Waals surface area contributed by atoms with Gasteiger partial charge in [0.2, 0.25) is 0 Å². The highest BCUT2D eigenvalue weighted by atomic mass is 79.9. The van der Waals surface area contributed by atoms with Crippen molar-refractivity contribution in [1.29, 1.82) is 0 Å². The van der Waals surface area contributed by atoms with Crippen LogP contribution >= 0.6 is 15.9 Å². The summed E-state index contributed by atoms with van der Waals surface area (Å²) in [5.74, 6) is 0.249. The summed E-state index contributed by atoms with van der Waals surface area (Å²) in [6, 6.07) is 16.2. The summed E-state index contributed by atoms with van der Waals surface area (Å²) in [5.41, 5.74) is 2.68. The van der Waals surface area contributed by atoms with Crippen LogP contribution in [0.1, 0.15) is 46.2 Å². The molecule has 1 amide bonds. The molecule has 3 rings (SSSR count). The minimum Gasteiger partial charge on any atom is -0.484 e. The number of nitrogens with one attached hydrogen (secondary N) is 1. The second kappa shape index (κ2) is 8.80. The van der Waals surface area contributed by atoms with Crippen LogP contribution in [0.15, 0.2) is 71.5 Å². The van der Waals surface area contributed by atoms with Crippen LogP contribution in [0.25, 0.3) is 0 Å². The smallest absolute Gasteiger partial charge is 0.257 e. The van der Waals surface area contributed by atoms with Gasteiger partial charge in [-0.2, -0.15) is 0 Å². The zero-order chi connectivity index (χ0) is 20.1. The molecule has 0 fully saturated rings. The average molecular weight is 439 g/mol. The maximum Gasteiger partial charge on any atom is 0.257 e. The number of anilines is 1. The number of amides is 1. The van der Waals surface area contributed by atoms with Gasteiger partial charge in [0, 0.05) is 21.9 Å². The second-order valence-electron chi connectivity index (χ2n) is 6.31. The molecule has 0 spiro atoms. The fourth-order valence-corrected chi connectivity index (χ4v) is 2.87. The first kappa shape index (κ1) is 19.8. The molecule has 0 aliphatic heterocycles. The van der Waals surface area contributed by atoms with Gasteiger partial charge in [-0.3, -0.25) is 14.6 Å². The van der Waals surface area contributed by atoms with Crippen molar-refractivity contribution in [3.05, 3.63) is 88.2 Å². The van der Waals surface area contributed by atoms with Crippen molar-refractivity contribution in [2.45, 2.75) is 20.0 Å². The SMILES string of the molecule is CC(=O)c1ccc([C@@H](C)Oc2cncc(C(=O)Nc3ccc(Br)cc3)c2)cc1. The van der Waals surface area contributed by atoms with Gasteiger partial charge in [-0.25, -0.2) is 0 Å². The molecule has 0 saturated heterocycles.